The third-order valence-corrected chi connectivity index (χ3v) is 3.87. The number of amides is 1. The number of carbonyl (C=O) groups is 1. The molecular formula is C18H20N2O2. The third kappa shape index (κ3) is 2.52. The molecule has 3 rings (SSSR count). The van der Waals surface area contributed by atoms with Crippen LogP contribution < -0.4 is 15.4 Å². The normalized spacial score (nSPS) is 17.0. The molecule has 2 aromatic rings. The second kappa shape index (κ2) is 6.10. The van der Waals surface area contributed by atoms with Gasteiger partial charge in [-0.25, -0.2) is 0 Å². The topological polar surface area (TPSA) is 55.6 Å². The van der Waals surface area contributed by atoms with Crippen LogP contribution in [0.2, 0.25) is 0 Å². The van der Waals surface area contributed by atoms with Gasteiger partial charge in [-0.05, 0) is 18.6 Å². The molecule has 1 amide bonds. The van der Waals surface area contributed by atoms with Gasteiger partial charge in [0.15, 0.2) is 0 Å². The van der Waals surface area contributed by atoms with Crippen molar-refractivity contribution in [1.82, 2.24) is 0 Å². The fourth-order valence-corrected chi connectivity index (χ4v) is 2.73. The van der Waals surface area contributed by atoms with Crippen LogP contribution in [-0.2, 0) is 4.79 Å². The van der Waals surface area contributed by atoms with E-state index in [2.05, 4.69) is 6.92 Å². The molecule has 4 nitrogen and oxygen atoms in total. The van der Waals surface area contributed by atoms with Crippen molar-refractivity contribution in [2.75, 3.05) is 17.2 Å². The molecule has 22 heavy (non-hydrogen) atoms. The Kier molecular flexibility index (Phi) is 4.00. The SMILES string of the molecule is CCCCN1C(=O)C(c2ccccc2)Oc2cccc(N)c21. The predicted octanol–water partition coefficient (Wildman–Crippen LogP) is 3.54. The Morgan fingerprint density at radius 1 is 1.14 bits per heavy atom. The molecule has 1 heterocycles. The summed E-state index contributed by atoms with van der Waals surface area (Å²) < 4.78 is 5.95. The number of benzene rings is 2. The van der Waals surface area contributed by atoms with E-state index in [9.17, 15) is 4.79 Å². The summed E-state index contributed by atoms with van der Waals surface area (Å²) >= 11 is 0. The molecule has 0 aromatic heterocycles. The molecule has 114 valence electrons. The summed E-state index contributed by atoms with van der Waals surface area (Å²) in [4.78, 5) is 14.7. The van der Waals surface area contributed by atoms with Gasteiger partial charge in [0.2, 0.25) is 6.10 Å². The van der Waals surface area contributed by atoms with Gasteiger partial charge < -0.3 is 15.4 Å². The minimum atomic E-state index is -0.604. The van der Waals surface area contributed by atoms with Crippen molar-refractivity contribution in [3.8, 4) is 5.75 Å². The van der Waals surface area contributed by atoms with Crippen LogP contribution in [0, 0.1) is 0 Å². The molecule has 2 aromatic carbocycles. The maximum absolute atomic E-state index is 12.9. The standard InChI is InChI=1S/C18H20N2O2/c1-2-3-12-20-16-14(19)10-7-11-15(16)22-17(18(20)21)13-8-5-4-6-9-13/h4-11,17H,2-3,12,19H2,1H3. The molecule has 0 fully saturated rings. The molecule has 1 unspecified atom stereocenters. The number of ether oxygens (including phenoxy) is 1. The van der Waals surface area contributed by atoms with Gasteiger partial charge in [0.1, 0.15) is 11.4 Å². The average molecular weight is 296 g/mol. The van der Waals surface area contributed by atoms with E-state index < -0.39 is 6.10 Å². The number of para-hydroxylation sites is 1. The van der Waals surface area contributed by atoms with Crippen LogP contribution in [0.25, 0.3) is 0 Å². The molecule has 1 aliphatic heterocycles. The lowest BCUT2D eigenvalue weighted by Gasteiger charge is -2.35. The second-order valence-electron chi connectivity index (χ2n) is 5.45. The van der Waals surface area contributed by atoms with Gasteiger partial charge in [0, 0.05) is 12.1 Å². The zero-order valence-electron chi connectivity index (χ0n) is 12.7. The highest BCUT2D eigenvalue weighted by atomic mass is 16.5. The third-order valence-electron chi connectivity index (χ3n) is 3.87. The first kappa shape index (κ1) is 14.4. The number of unbranched alkanes of at least 4 members (excludes halogenated alkanes) is 1. The Balaban J connectivity index is 2.03. The quantitative estimate of drug-likeness (QED) is 0.878. The Morgan fingerprint density at radius 2 is 1.91 bits per heavy atom. The lowest BCUT2D eigenvalue weighted by Crippen LogP contribution is -2.42. The fraction of sp³-hybridized carbons (Fsp3) is 0.278. The van der Waals surface area contributed by atoms with Gasteiger partial charge >= 0.3 is 0 Å². The van der Waals surface area contributed by atoms with Crippen LogP contribution in [-0.4, -0.2) is 12.5 Å². The smallest absolute Gasteiger partial charge is 0.272 e. The Morgan fingerprint density at radius 3 is 2.64 bits per heavy atom. The van der Waals surface area contributed by atoms with Crippen LogP contribution in [0.4, 0.5) is 11.4 Å². The van der Waals surface area contributed by atoms with Gasteiger partial charge in [0.25, 0.3) is 5.91 Å². The number of nitrogens with zero attached hydrogens (tertiary/aromatic N) is 1. The Hall–Kier alpha value is -2.49. The molecule has 0 saturated carbocycles. The lowest BCUT2D eigenvalue weighted by atomic mass is 10.0. The minimum Gasteiger partial charge on any atom is -0.474 e. The minimum absolute atomic E-state index is 0.0509. The Labute approximate surface area is 130 Å². The van der Waals surface area contributed by atoms with E-state index in [1.54, 1.807) is 11.0 Å². The first-order chi connectivity index (χ1) is 10.7. The van der Waals surface area contributed by atoms with Gasteiger partial charge in [-0.1, -0.05) is 49.7 Å². The maximum Gasteiger partial charge on any atom is 0.272 e. The molecular weight excluding hydrogens is 276 g/mol. The first-order valence-electron chi connectivity index (χ1n) is 7.64. The van der Waals surface area contributed by atoms with Gasteiger partial charge in [0.05, 0.1) is 5.69 Å². The van der Waals surface area contributed by atoms with E-state index in [-0.39, 0.29) is 5.91 Å². The highest BCUT2D eigenvalue weighted by molar-refractivity contribution is 6.03. The summed E-state index contributed by atoms with van der Waals surface area (Å²) in [6.45, 7) is 2.76. The van der Waals surface area contributed by atoms with Crippen LogP contribution in [0.5, 0.6) is 5.75 Å². The second-order valence-corrected chi connectivity index (χ2v) is 5.45. The van der Waals surface area contributed by atoms with Crippen LogP contribution in [0.3, 0.4) is 0 Å². The summed E-state index contributed by atoms with van der Waals surface area (Å²) in [5.41, 5.74) is 8.22. The summed E-state index contributed by atoms with van der Waals surface area (Å²) in [6.07, 6.45) is 1.34. The van der Waals surface area contributed by atoms with Crippen molar-refractivity contribution in [1.29, 1.82) is 0 Å². The van der Waals surface area contributed by atoms with Gasteiger partial charge in [-0.3, -0.25) is 4.79 Å². The van der Waals surface area contributed by atoms with Gasteiger partial charge in [-0.2, -0.15) is 0 Å². The van der Waals surface area contributed by atoms with Crippen LogP contribution >= 0.6 is 0 Å². The van der Waals surface area contributed by atoms with Crippen molar-refractivity contribution >= 4 is 17.3 Å². The largest absolute Gasteiger partial charge is 0.474 e. The predicted molar refractivity (Wildman–Crippen MR) is 87.9 cm³/mol. The molecule has 2 N–H and O–H groups in total. The highest BCUT2D eigenvalue weighted by Crippen LogP contribution is 2.42. The van der Waals surface area contributed by atoms with E-state index in [1.807, 2.05) is 42.5 Å². The molecule has 1 atom stereocenters. The van der Waals surface area contributed by atoms with Crippen LogP contribution in [0.15, 0.2) is 48.5 Å². The molecule has 4 heteroatoms. The molecule has 0 saturated heterocycles. The van der Waals surface area contributed by atoms with E-state index in [4.69, 9.17) is 10.5 Å². The number of hydrogen-bond acceptors (Lipinski definition) is 3. The number of anilines is 2. The van der Waals surface area contributed by atoms with Crippen LogP contribution in [0.1, 0.15) is 31.4 Å². The maximum atomic E-state index is 12.9. The molecule has 0 bridgehead atoms. The number of nitrogen functional groups attached to an aromatic ring is 1. The zero-order chi connectivity index (χ0) is 15.5. The van der Waals surface area contributed by atoms with E-state index >= 15 is 0 Å². The number of hydrogen-bond donors (Lipinski definition) is 1. The molecule has 0 aliphatic carbocycles. The number of fused-ring (bicyclic) bond motifs is 1. The van der Waals surface area contributed by atoms with E-state index in [0.717, 1.165) is 18.4 Å². The van der Waals surface area contributed by atoms with E-state index in [0.29, 0.717) is 23.7 Å². The highest BCUT2D eigenvalue weighted by Gasteiger charge is 2.36. The summed E-state index contributed by atoms with van der Waals surface area (Å²) in [5, 5.41) is 0. The molecule has 0 spiro atoms. The summed E-state index contributed by atoms with van der Waals surface area (Å²) in [6, 6.07) is 15.1. The van der Waals surface area contributed by atoms with Crippen molar-refractivity contribution in [2.45, 2.75) is 25.9 Å². The van der Waals surface area contributed by atoms with Crippen molar-refractivity contribution in [2.24, 2.45) is 0 Å². The fourth-order valence-electron chi connectivity index (χ4n) is 2.73. The van der Waals surface area contributed by atoms with Crippen molar-refractivity contribution < 1.29 is 9.53 Å². The first-order valence-corrected chi connectivity index (χ1v) is 7.64. The number of nitrogens with two attached hydrogens (primary N) is 1. The lowest BCUT2D eigenvalue weighted by molar-refractivity contribution is -0.126. The summed E-state index contributed by atoms with van der Waals surface area (Å²) in [5.74, 6) is 0.620. The van der Waals surface area contributed by atoms with Crippen molar-refractivity contribution in [3.63, 3.8) is 0 Å². The molecule has 1 aliphatic rings. The number of rotatable bonds is 4. The average Bonchev–Trinajstić information content (AvgIpc) is 2.55. The zero-order valence-corrected chi connectivity index (χ0v) is 12.7. The van der Waals surface area contributed by atoms with Crippen molar-refractivity contribution in [3.05, 3.63) is 54.1 Å². The number of carbonyl (C=O) groups excluding carboxylic acids is 1. The summed E-state index contributed by atoms with van der Waals surface area (Å²) in [7, 11) is 0. The Bertz CT molecular complexity index is 670. The monoisotopic (exact) mass is 296 g/mol. The molecule has 0 radical (unpaired) electrons. The van der Waals surface area contributed by atoms with E-state index in [1.165, 1.54) is 0 Å². The van der Waals surface area contributed by atoms with Gasteiger partial charge in [-0.15, -0.1) is 0 Å².